The molecule has 0 saturated heterocycles. The van der Waals surface area contributed by atoms with Crippen molar-refractivity contribution < 1.29 is 9.53 Å². The van der Waals surface area contributed by atoms with E-state index in [1.165, 1.54) is 6.92 Å². The summed E-state index contributed by atoms with van der Waals surface area (Å²) in [5.74, 6) is -0.177. The number of rotatable bonds is 1. The van der Waals surface area contributed by atoms with Crippen LogP contribution in [0, 0.1) is 5.41 Å². The molecule has 1 aliphatic carbocycles. The minimum absolute atomic E-state index is 0.00389. The second-order valence-electron chi connectivity index (χ2n) is 3.90. The molecule has 0 aromatic carbocycles. The first-order valence-corrected chi connectivity index (χ1v) is 4.37. The van der Waals surface area contributed by atoms with Crippen LogP contribution < -0.4 is 0 Å². The fourth-order valence-electron chi connectivity index (χ4n) is 1.53. The highest BCUT2D eigenvalue weighted by Gasteiger charge is 2.31. The van der Waals surface area contributed by atoms with E-state index in [9.17, 15) is 4.79 Å². The van der Waals surface area contributed by atoms with Crippen LogP contribution in [0.3, 0.4) is 0 Å². The summed E-state index contributed by atoms with van der Waals surface area (Å²) in [4.78, 5) is 10.8. The van der Waals surface area contributed by atoms with Crippen LogP contribution in [0.25, 0.3) is 0 Å². The van der Waals surface area contributed by atoms with Crippen molar-refractivity contribution in [3.05, 3.63) is 12.2 Å². The maximum atomic E-state index is 10.8. The molecule has 12 heavy (non-hydrogen) atoms. The van der Waals surface area contributed by atoms with Crippen LogP contribution in [-0.4, -0.2) is 12.1 Å². The zero-order chi connectivity index (χ0) is 9.19. The van der Waals surface area contributed by atoms with E-state index in [1.807, 2.05) is 0 Å². The average Bonchev–Trinajstić information content (AvgIpc) is 1.92. The summed E-state index contributed by atoms with van der Waals surface area (Å²) < 4.78 is 5.22. The molecule has 0 fully saturated rings. The third kappa shape index (κ3) is 2.10. The fraction of sp³-hybridized carbons (Fsp3) is 0.700. The molecule has 0 heterocycles. The molecule has 0 radical (unpaired) electrons. The lowest BCUT2D eigenvalue weighted by Crippen LogP contribution is -2.33. The van der Waals surface area contributed by atoms with E-state index in [2.05, 4.69) is 26.0 Å². The molecule has 0 aromatic rings. The summed E-state index contributed by atoms with van der Waals surface area (Å²) in [7, 11) is 0. The molecule has 1 rings (SSSR count). The minimum Gasteiger partial charge on any atom is -0.462 e. The highest BCUT2D eigenvalue weighted by atomic mass is 16.5. The Bertz CT molecular complexity index is 204. The summed E-state index contributed by atoms with van der Waals surface area (Å²) in [6, 6.07) is 0. The molecular formula is C10H16O2. The molecule has 2 nitrogen and oxygen atoms in total. The quantitative estimate of drug-likeness (QED) is 0.443. The van der Waals surface area contributed by atoms with Crippen molar-refractivity contribution >= 4 is 5.97 Å². The van der Waals surface area contributed by atoms with Crippen LogP contribution in [0.5, 0.6) is 0 Å². The number of hydrogen-bond donors (Lipinski definition) is 0. The average molecular weight is 168 g/mol. The summed E-state index contributed by atoms with van der Waals surface area (Å²) in [5.41, 5.74) is 0.00389. The Morgan fingerprint density at radius 2 is 2.25 bits per heavy atom. The lowest BCUT2D eigenvalue weighted by Gasteiger charge is -2.33. The van der Waals surface area contributed by atoms with Crippen molar-refractivity contribution in [2.75, 3.05) is 0 Å². The van der Waals surface area contributed by atoms with E-state index in [0.717, 1.165) is 12.8 Å². The van der Waals surface area contributed by atoms with Crippen LogP contribution in [0.1, 0.15) is 33.6 Å². The van der Waals surface area contributed by atoms with Gasteiger partial charge in [0, 0.05) is 12.3 Å². The standard InChI is InChI=1S/C10H16O2/c1-8(11)12-9-6-4-5-7-10(9,2)3/h5,7,9H,4,6H2,1-3H3. The van der Waals surface area contributed by atoms with E-state index < -0.39 is 0 Å². The van der Waals surface area contributed by atoms with Gasteiger partial charge in [-0.25, -0.2) is 0 Å². The molecule has 1 aliphatic rings. The summed E-state index contributed by atoms with van der Waals surface area (Å²) >= 11 is 0. The maximum Gasteiger partial charge on any atom is 0.302 e. The van der Waals surface area contributed by atoms with E-state index in [0.29, 0.717) is 0 Å². The highest BCUT2D eigenvalue weighted by molar-refractivity contribution is 5.66. The normalized spacial score (nSPS) is 26.8. The third-order valence-electron chi connectivity index (χ3n) is 2.28. The molecule has 0 spiro atoms. The third-order valence-corrected chi connectivity index (χ3v) is 2.28. The molecule has 2 heteroatoms. The first-order chi connectivity index (χ1) is 5.52. The topological polar surface area (TPSA) is 26.3 Å². The number of ether oxygens (including phenoxy) is 1. The van der Waals surface area contributed by atoms with E-state index in [-0.39, 0.29) is 17.5 Å². The molecule has 0 bridgehead atoms. The van der Waals surface area contributed by atoms with Crippen LogP contribution in [-0.2, 0) is 9.53 Å². The number of allylic oxidation sites excluding steroid dienone is 1. The van der Waals surface area contributed by atoms with Gasteiger partial charge in [-0.3, -0.25) is 4.79 Å². The Morgan fingerprint density at radius 3 is 2.75 bits per heavy atom. The zero-order valence-corrected chi connectivity index (χ0v) is 7.96. The van der Waals surface area contributed by atoms with Crippen LogP contribution in [0.15, 0.2) is 12.2 Å². The minimum atomic E-state index is -0.177. The van der Waals surface area contributed by atoms with Gasteiger partial charge >= 0.3 is 5.97 Å². The number of hydrogen-bond acceptors (Lipinski definition) is 2. The molecule has 0 amide bonds. The number of esters is 1. The Labute approximate surface area is 73.6 Å². The maximum absolute atomic E-state index is 10.8. The molecule has 1 atom stereocenters. The summed E-state index contributed by atoms with van der Waals surface area (Å²) in [6.45, 7) is 5.65. The van der Waals surface area contributed by atoms with Gasteiger partial charge in [0.2, 0.25) is 0 Å². The molecule has 0 aromatic heterocycles. The lowest BCUT2D eigenvalue weighted by molar-refractivity contribution is -0.151. The molecular weight excluding hydrogens is 152 g/mol. The molecule has 68 valence electrons. The van der Waals surface area contributed by atoms with Gasteiger partial charge in [0.05, 0.1) is 0 Å². The van der Waals surface area contributed by atoms with Crippen LogP contribution >= 0.6 is 0 Å². The largest absolute Gasteiger partial charge is 0.462 e. The van der Waals surface area contributed by atoms with E-state index in [1.54, 1.807) is 0 Å². The van der Waals surface area contributed by atoms with Crippen molar-refractivity contribution in [1.82, 2.24) is 0 Å². The second kappa shape index (κ2) is 3.30. The first-order valence-electron chi connectivity index (χ1n) is 4.37. The highest BCUT2D eigenvalue weighted by Crippen LogP contribution is 2.32. The van der Waals surface area contributed by atoms with Gasteiger partial charge < -0.3 is 4.74 Å². The van der Waals surface area contributed by atoms with Crippen LogP contribution in [0.2, 0.25) is 0 Å². The Kier molecular flexibility index (Phi) is 2.55. The van der Waals surface area contributed by atoms with Crippen LogP contribution in [0.4, 0.5) is 0 Å². The zero-order valence-electron chi connectivity index (χ0n) is 7.96. The van der Waals surface area contributed by atoms with Crippen molar-refractivity contribution in [2.45, 2.75) is 39.7 Å². The van der Waals surface area contributed by atoms with Crippen molar-refractivity contribution in [1.29, 1.82) is 0 Å². The molecule has 0 N–H and O–H groups in total. The first kappa shape index (κ1) is 9.30. The monoisotopic (exact) mass is 168 g/mol. The van der Waals surface area contributed by atoms with E-state index in [4.69, 9.17) is 4.74 Å². The number of carbonyl (C=O) groups excluding carboxylic acids is 1. The summed E-state index contributed by atoms with van der Waals surface area (Å²) in [6.07, 6.45) is 6.30. The molecule has 0 saturated carbocycles. The smallest absolute Gasteiger partial charge is 0.302 e. The second-order valence-corrected chi connectivity index (χ2v) is 3.90. The van der Waals surface area contributed by atoms with Crippen molar-refractivity contribution in [2.24, 2.45) is 5.41 Å². The fourth-order valence-corrected chi connectivity index (χ4v) is 1.53. The van der Waals surface area contributed by atoms with Crippen molar-refractivity contribution in [3.63, 3.8) is 0 Å². The van der Waals surface area contributed by atoms with Gasteiger partial charge in [-0.2, -0.15) is 0 Å². The predicted molar refractivity (Wildman–Crippen MR) is 47.7 cm³/mol. The van der Waals surface area contributed by atoms with Gasteiger partial charge in [-0.05, 0) is 12.8 Å². The van der Waals surface area contributed by atoms with Gasteiger partial charge in [-0.15, -0.1) is 0 Å². The Morgan fingerprint density at radius 1 is 1.58 bits per heavy atom. The van der Waals surface area contributed by atoms with Gasteiger partial charge in [0.25, 0.3) is 0 Å². The van der Waals surface area contributed by atoms with Gasteiger partial charge in [-0.1, -0.05) is 26.0 Å². The van der Waals surface area contributed by atoms with Gasteiger partial charge in [0.1, 0.15) is 6.10 Å². The Hall–Kier alpha value is -0.790. The predicted octanol–water partition coefficient (Wildman–Crippen LogP) is 2.29. The van der Waals surface area contributed by atoms with E-state index >= 15 is 0 Å². The van der Waals surface area contributed by atoms with Crippen molar-refractivity contribution in [3.8, 4) is 0 Å². The number of carbonyl (C=O) groups is 1. The molecule has 0 aliphatic heterocycles. The lowest BCUT2D eigenvalue weighted by atomic mass is 9.80. The summed E-state index contributed by atoms with van der Waals surface area (Å²) in [5, 5.41) is 0. The SMILES string of the molecule is CC(=O)OC1CCC=CC1(C)C. The Balaban J connectivity index is 2.64. The molecule has 1 unspecified atom stereocenters. The van der Waals surface area contributed by atoms with Gasteiger partial charge in [0.15, 0.2) is 0 Å².